The molecule has 0 unspecified atom stereocenters. The van der Waals surface area contributed by atoms with Crippen molar-refractivity contribution in [3.63, 3.8) is 0 Å². The van der Waals surface area contributed by atoms with E-state index in [2.05, 4.69) is 10.3 Å². The summed E-state index contributed by atoms with van der Waals surface area (Å²) in [5.74, 6) is -0.918. The fourth-order valence-corrected chi connectivity index (χ4v) is 1.67. The van der Waals surface area contributed by atoms with E-state index in [1.165, 1.54) is 18.3 Å². The molecule has 0 radical (unpaired) electrons. The number of hydrogen-bond acceptors (Lipinski definition) is 3. The first-order valence-electron chi connectivity index (χ1n) is 5.46. The number of nitrogen functional groups attached to an aromatic ring is 1. The maximum atomic E-state index is 12.9. The maximum Gasteiger partial charge on any atom is 0.257 e. The van der Waals surface area contributed by atoms with Gasteiger partial charge in [0.2, 0.25) is 0 Å². The van der Waals surface area contributed by atoms with E-state index in [-0.39, 0.29) is 11.3 Å². The normalized spacial score (nSPS) is 10.3. The number of hydrogen-bond donors (Lipinski definition) is 2. The van der Waals surface area contributed by atoms with Crippen LogP contribution in [0.25, 0.3) is 0 Å². The van der Waals surface area contributed by atoms with Gasteiger partial charge in [-0.2, -0.15) is 0 Å². The van der Waals surface area contributed by atoms with Gasteiger partial charge in [-0.3, -0.25) is 4.79 Å². The van der Waals surface area contributed by atoms with Crippen molar-refractivity contribution in [3.05, 3.63) is 52.6 Å². The standard InChI is InChI=1S/C13H11ClFN3O/c1-7-4-9(6-17-12(7)14)18-13(19)10-3-2-8(15)5-11(10)16/h2-6H,16H2,1H3,(H,18,19). The molecular formula is C13H11ClFN3O. The highest BCUT2D eigenvalue weighted by atomic mass is 35.5. The Bertz CT molecular complexity index is 646. The van der Waals surface area contributed by atoms with Crippen molar-refractivity contribution in [2.45, 2.75) is 6.92 Å². The van der Waals surface area contributed by atoms with Crippen molar-refractivity contribution >= 4 is 28.9 Å². The van der Waals surface area contributed by atoms with E-state index in [0.717, 1.165) is 11.6 Å². The maximum absolute atomic E-state index is 12.9. The number of aryl methyl sites for hydroxylation is 1. The van der Waals surface area contributed by atoms with Gasteiger partial charge in [0.25, 0.3) is 5.91 Å². The zero-order valence-corrected chi connectivity index (χ0v) is 10.8. The number of nitrogens with two attached hydrogens (primary N) is 1. The predicted molar refractivity (Wildman–Crippen MR) is 72.7 cm³/mol. The van der Waals surface area contributed by atoms with Gasteiger partial charge in [-0.05, 0) is 36.8 Å². The van der Waals surface area contributed by atoms with E-state index >= 15 is 0 Å². The Morgan fingerprint density at radius 2 is 2.16 bits per heavy atom. The molecule has 98 valence electrons. The summed E-state index contributed by atoms with van der Waals surface area (Å²) in [6, 6.07) is 5.29. The molecule has 2 rings (SSSR count). The van der Waals surface area contributed by atoms with Gasteiger partial charge in [-0.25, -0.2) is 9.37 Å². The summed E-state index contributed by atoms with van der Waals surface area (Å²) in [5, 5.41) is 3.00. The molecule has 0 aliphatic rings. The Hall–Kier alpha value is -2.14. The molecule has 0 atom stereocenters. The molecule has 1 aromatic carbocycles. The minimum Gasteiger partial charge on any atom is -0.398 e. The van der Waals surface area contributed by atoms with Gasteiger partial charge in [0, 0.05) is 5.69 Å². The SMILES string of the molecule is Cc1cc(NC(=O)c2ccc(F)cc2N)cnc1Cl. The van der Waals surface area contributed by atoms with Crippen LogP contribution < -0.4 is 11.1 Å². The van der Waals surface area contributed by atoms with Crippen LogP contribution in [0, 0.1) is 12.7 Å². The largest absolute Gasteiger partial charge is 0.398 e. The van der Waals surface area contributed by atoms with Crippen molar-refractivity contribution in [2.24, 2.45) is 0 Å². The number of nitrogens with one attached hydrogen (secondary N) is 1. The molecule has 19 heavy (non-hydrogen) atoms. The molecule has 0 aliphatic heterocycles. The molecule has 0 saturated heterocycles. The Kier molecular flexibility index (Phi) is 3.66. The monoisotopic (exact) mass is 279 g/mol. The number of halogens is 2. The number of amides is 1. The highest BCUT2D eigenvalue weighted by Gasteiger charge is 2.11. The molecule has 0 spiro atoms. The highest BCUT2D eigenvalue weighted by Crippen LogP contribution is 2.19. The minimum atomic E-state index is -0.488. The number of benzene rings is 1. The van der Waals surface area contributed by atoms with Crippen molar-refractivity contribution in [1.29, 1.82) is 0 Å². The van der Waals surface area contributed by atoms with Crippen molar-refractivity contribution < 1.29 is 9.18 Å². The molecule has 0 saturated carbocycles. The van der Waals surface area contributed by atoms with Crippen molar-refractivity contribution in [1.82, 2.24) is 4.98 Å². The zero-order valence-electron chi connectivity index (χ0n) is 10.1. The number of rotatable bonds is 2. The summed E-state index contributed by atoms with van der Waals surface area (Å²) in [6.45, 7) is 1.78. The second-order valence-corrected chi connectivity index (χ2v) is 4.38. The van der Waals surface area contributed by atoms with E-state index in [0.29, 0.717) is 10.8 Å². The van der Waals surface area contributed by atoms with Crippen LogP contribution in [0.5, 0.6) is 0 Å². The molecule has 0 aliphatic carbocycles. The third-order valence-corrected chi connectivity index (χ3v) is 2.93. The quantitative estimate of drug-likeness (QED) is 0.656. The van der Waals surface area contributed by atoms with Crippen LogP contribution in [0.15, 0.2) is 30.5 Å². The zero-order chi connectivity index (χ0) is 14.0. The molecule has 0 fully saturated rings. The average molecular weight is 280 g/mol. The minimum absolute atomic E-state index is 0.0798. The third kappa shape index (κ3) is 3.00. The van der Waals surface area contributed by atoms with Crippen molar-refractivity contribution in [3.8, 4) is 0 Å². The first-order chi connectivity index (χ1) is 8.97. The van der Waals surface area contributed by atoms with Crippen LogP contribution in [0.2, 0.25) is 5.15 Å². The summed E-state index contributed by atoms with van der Waals surface area (Å²) in [5.41, 5.74) is 7.11. The predicted octanol–water partition coefficient (Wildman–Crippen LogP) is 3.02. The fourth-order valence-electron chi connectivity index (χ4n) is 1.57. The lowest BCUT2D eigenvalue weighted by molar-refractivity contribution is 0.102. The molecular weight excluding hydrogens is 269 g/mol. The number of pyridine rings is 1. The molecule has 0 bridgehead atoms. The molecule has 1 amide bonds. The van der Waals surface area contributed by atoms with E-state index in [1.807, 2.05) is 0 Å². The first kappa shape index (κ1) is 13.3. The van der Waals surface area contributed by atoms with E-state index < -0.39 is 11.7 Å². The topological polar surface area (TPSA) is 68.0 Å². The molecule has 4 nitrogen and oxygen atoms in total. The smallest absolute Gasteiger partial charge is 0.257 e. The Balaban J connectivity index is 2.23. The van der Waals surface area contributed by atoms with Crippen LogP contribution in [-0.4, -0.2) is 10.9 Å². The number of carbonyl (C=O) groups excluding carboxylic acids is 1. The summed E-state index contributed by atoms with van der Waals surface area (Å²) in [7, 11) is 0. The third-order valence-electron chi connectivity index (χ3n) is 2.53. The Morgan fingerprint density at radius 1 is 1.42 bits per heavy atom. The summed E-state index contributed by atoms with van der Waals surface area (Å²) < 4.78 is 12.9. The van der Waals surface area contributed by atoms with Gasteiger partial charge >= 0.3 is 0 Å². The van der Waals surface area contributed by atoms with Gasteiger partial charge in [0.05, 0.1) is 17.4 Å². The average Bonchev–Trinajstić information content (AvgIpc) is 2.33. The van der Waals surface area contributed by atoms with Crippen LogP contribution in [-0.2, 0) is 0 Å². The lowest BCUT2D eigenvalue weighted by Crippen LogP contribution is -2.14. The molecule has 1 aromatic heterocycles. The highest BCUT2D eigenvalue weighted by molar-refractivity contribution is 6.30. The molecule has 1 heterocycles. The number of anilines is 2. The number of aromatic nitrogens is 1. The fraction of sp³-hybridized carbons (Fsp3) is 0.0769. The Labute approximate surface area is 114 Å². The lowest BCUT2D eigenvalue weighted by atomic mass is 10.1. The second kappa shape index (κ2) is 5.24. The first-order valence-corrected chi connectivity index (χ1v) is 5.83. The summed E-state index contributed by atoms with van der Waals surface area (Å²) in [6.07, 6.45) is 1.44. The van der Waals surface area contributed by atoms with E-state index in [9.17, 15) is 9.18 Å². The van der Waals surface area contributed by atoms with E-state index in [4.69, 9.17) is 17.3 Å². The summed E-state index contributed by atoms with van der Waals surface area (Å²) >= 11 is 5.79. The van der Waals surface area contributed by atoms with Gasteiger partial charge in [-0.1, -0.05) is 11.6 Å². The Morgan fingerprint density at radius 3 is 2.79 bits per heavy atom. The van der Waals surface area contributed by atoms with Gasteiger partial charge in [-0.15, -0.1) is 0 Å². The second-order valence-electron chi connectivity index (χ2n) is 4.02. The van der Waals surface area contributed by atoms with Crippen LogP contribution in [0.4, 0.5) is 15.8 Å². The van der Waals surface area contributed by atoms with Gasteiger partial charge in [0.1, 0.15) is 11.0 Å². The summed E-state index contributed by atoms with van der Waals surface area (Å²) in [4.78, 5) is 15.9. The van der Waals surface area contributed by atoms with Gasteiger partial charge < -0.3 is 11.1 Å². The van der Waals surface area contributed by atoms with Crippen LogP contribution in [0.3, 0.4) is 0 Å². The van der Waals surface area contributed by atoms with Crippen LogP contribution >= 0.6 is 11.6 Å². The lowest BCUT2D eigenvalue weighted by Gasteiger charge is -2.08. The van der Waals surface area contributed by atoms with Crippen LogP contribution in [0.1, 0.15) is 15.9 Å². The van der Waals surface area contributed by atoms with E-state index in [1.54, 1.807) is 13.0 Å². The van der Waals surface area contributed by atoms with Crippen molar-refractivity contribution in [2.75, 3.05) is 11.1 Å². The molecule has 3 N–H and O–H groups in total. The number of carbonyl (C=O) groups is 1. The molecule has 6 heteroatoms. The number of nitrogens with zero attached hydrogens (tertiary/aromatic N) is 1. The van der Waals surface area contributed by atoms with Gasteiger partial charge in [0.15, 0.2) is 0 Å². The molecule has 2 aromatic rings.